The van der Waals surface area contributed by atoms with Crippen LogP contribution in [0.4, 0.5) is 14.9 Å². The predicted octanol–water partition coefficient (Wildman–Crippen LogP) is 5.03. The van der Waals surface area contributed by atoms with E-state index >= 15 is 0 Å². The van der Waals surface area contributed by atoms with Crippen molar-refractivity contribution in [2.24, 2.45) is 5.92 Å². The second-order valence-electron chi connectivity index (χ2n) is 8.68. The van der Waals surface area contributed by atoms with Crippen LogP contribution < -0.4 is 10.6 Å². The van der Waals surface area contributed by atoms with Crippen molar-refractivity contribution in [3.63, 3.8) is 0 Å². The van der Waals surface area contributed by atoms with Crippen LogP contribution in [0.5, 0.6) is 0 Å². The number of ether oxygens (including phenoxy) is 1. The molecule has 3 aromatic rings. The SMILES string of the molecule is CC(C)C(NC(=O)c1cc(NC(=O)OCC2c3ccccc3-c3ccccc32)ccc1F)C(=O)O. The van der Waals surface area contributed by atoms with Crippen LogP contribution in [0.1, 0.15) is 41.3 Å². The molecule has 0 saturated carbocycles. The maximum Gasteiger partial charge on any atom is 0.411 e. The molecular weight excluding hydrogens is 451 g/mol. The first-order valence-electron chi connectivity index (χ1n) is 11.2. The summed E-state index contributed by atoms with van der Waals surface area (Å²) < 4.78 is 19.8. The number of rotatable bonds is 7. The van der Waals surface area contributed by atoms with E-state index < -0.39 is 35.7 Å². The van der Waals surface area contributed by atoms with Gasteiger partial charge in [0.15, 0.2) is 0 Å². The lowest BCUT2D eigenvalue weighted by molar-refractivity contribution is -0.140. The quantitative estimate of drug-likeness (QED) is 0.444. The van der Waals surface area contributed by atoms with Gasteiger partial charge in [0.05, 0.1) is 5.56 Å². The number of carbonyl (C=O) groups excluding carboxylic acids is 2. The van der Waals surface area contributed by atoms with Crippen LogP contribution in [0.25, 0.3) is 11.1 Å². The minimum Gasteiger partial charge on any atom is -0.480 e. The highest BCUT2D eigenvalue weighted by Crippen LogP contribution is 2.44. The van der Waals surface area contributed by atoms with Crippen LogP contribution in [0.15, 0.2) is 66.7 Å². The summed E-state index contributed by atoms with van der Waals surface area (Å²) in [7, 11) is 0. The molecule has 0 aromatic heterocycles. The second-order valence-corrected chi connectivity index (χ2v) is 8.68. The van der Waals surface area contributed by atoms with Crippen LogP contribution in [0.3, 0.4) is 0 Å². The van der Waals surface area contributed by atoms with Crippen molar-refractivity contribution in [3.05, 3.63) is 89.2 Å². The molecule has 0 spiro atoms. The average molecular weight is 477 g/mol. The molecule has 3 N–H and O–H groups in total. The van der Waals surface area contributed by atoms with E-state index in [0.29, 0.717) is 0 Å². The number of anilines is 1. The van der Waals surface area contributed by atoms with Gasteiger partial charge < -0.3 is 15.2 Å². The normalized spacial score (nSPS) is 13.0. The molecule has 7 nitrogen and oxygen atoms in total. The minimum absolute atomic E-state index is 0.100. The summed E-state index contributed by atoms with van der Waals surface area (Å²) in [6.45, 7) is 3.36. The molecule has 0 bridgehead atoms. The number of carboxylic acids is 1. The summed E-state index contributed by atoms with van der Waals surface area (Å²) in [5, 5.41) is 14.1. The topological polar surface area (TPSA) is 105 Å². The number of hydrogen-bond acceptors (Lipinski definition) is 4. The van der Waals surface area contributed by atoms with E-state index in [1.54, 1.807) is 13.8 Å². The van der Waals surface area contributed by atoms with Gasteiger partial charge in [0.2, 0.25) is 0 Å². The van der Waals surface area contributed by atoms with Crippen LogP contribution >= 0.6 is 0 Å². The number of hydrogen-bond donors (Lipinski definition) is 3. The minimum atomic E-state index is -1.22. The highest BCUT2D eigenvalue weighted by Gasteiger charge is 2.29. The highest BCUT2D eigenvalue weighted by molar-refractivity contribution is 5.98. The lowest BCUT2D eigenvalue weighted by atomic mass is 9.98. The number of halogens is 1. The molecule has 0 fully saturated rings. The Morgan fingerprint density at radius 3 is 2.14 bits per heavy atom. The molecule has 4 rings (SSSR count). The monoisotopic (exact) mass is 476 g/mol. The Hall–Kier alpha value is -4.20. The maximum atomic E-state index is 14.3. The van der Waals surface area contributed by atoms with Crippen molar-refractivity contribution in [1.82, 2.24) is 5.32 Å². The standard InChI is InChI=1S/C27H25FN2O5/c1-15(2)24(26(32)33)30-25(31)21-13-16(11-12-23(21)28)29-27(34)35-14-22-19-9-5-3-7-17(19)18-8-4-6-10-20(18)22/h3-13,15,22,24H,14H2,1-2H3,(H,29,34)(H,30,31)(H,32,33). The summed E-state index contributed by atoms with van der Waals surface area (Å²) >= 11 is 0. The Morgan fingerprint density at radius 2 is 1.57 bits per heavy atom. The molecule has 3 aromatic carbocycles. The van der Waals surface area contributed by atoms with Gasteiger partial charge in [-0.05, 0) is 46.4 Å². The lowest BCUT2D eigenvalue weighted by Crippen LogP contribution is -2.44. The van der Waals surface area contributed by atoms with Crippen molar-refractivity contribution >= 4 is 23.7 Å². The fourth-order valence-corrected chi connectivity index (χ4v) is 4.26. The van der Waals surface area contributed by atoms with E-state index in [1.807, 2.05) is 48.5 Å². The van der Waals surface area contributed by atoms with E-state index in [9.17, 15) is 23.9 Å². The largest absolute Gasteiger partial charge is 0.480 e. The van der Waals surface area contributed by atoms with Gasteiger partial charge in [-0.3, -0.25) is 10.1 Å². The Morgan fingerprint density at radius 1 is 0.971 bits per heavy atom. The van der Waals surface area contributed by atoms with Gasteiger partial charge in [-0.1, -0.05) is 62.4 Å². The number of nitrogens with one attached hydrogen (secondary N) is 2. The Kier molecular flexibility index (Phi) is 6.82. The van der Waals surface area contributed by atoms with E-state index in [0.717, 1.165) is 34.4 Å². The van der Waals surface area contributed by atoms with E-state index in [4.69, 9.17) is 4.74 Å². The van der Waals surface area contributed by atoms with Crippen LogP contribution in [-0.4, -0.2) is 35.7 Å². The number of carboxylic acid groups (broad SMARTS) is 1. The van der Waals surface area contributed by atoms with E-state index in [2.05, 4.69) is 10.6 Å². The Balaban J connectivity index is 1.44. The first-order valence-corrected chi connectivity index (χ1v) is 11.2. The number of carbonyl (C=O) groups is 3. The van der Waals surface area contributed by atoms with Crippen molar-refractivity contribution in [2.45, 2.75) is 25.8 Å². The first kappa shape index (κ1) is 23.9. The smallest absolute Gasteiger partial charge is 0.411 e. The molecule has 180 valence electrons. The fourth-order valence-electron chi connectivity index (χ4n) is 4.26. The van der Waals surface area contributed by atoms with Gasteiger partial charge in [-0.15, -0.1) is 0 Å². The van der Waals surface area contributed by atoms with E-state index in [-0.39, 0.29) is 23.8 Å². The number of benzene rings is 3. The van der Waals surface area contributed by atoms with Gasteiger partial charge in [-0.25, -0.2) is 14.0 Å². The Labute approximate surface area is 201 Å². The number of fused-ring (bicyclic) bond motifs is 3. The van der Waals surface area contributed by atoms with Crippen LogP contribution in [0, 0.1) is 11.7 Å². The zero-order valence-corrected chi connectivity index (χ0v) is 19.2. The van der Waals surface area contributed by atoms with Crippen LogP contribution in [-0.2, 0) is 9.53 Å². The van der Waals surface area contributed by atoms with Gasteiger partial charge in [0.25, 0.3) is 5.91 Å². The zero-order chi connectivity index (χ0) is 25.1. The molecule has 0 saturated heterocycles. The third kappa shape index (κ3) is 5.01. The first-order chi connectivity index (χ1) is 16.8. The summed E-state index contributed by atoms with van der Waals surface area (Å²) in [6.07, 6.45) is -0.754. The molecule has 0 aliphatic heterocycles. The average Bonchev–Trinajstić information content (AvgIpc) is 3.15. The molecular formula is C27H25FN2O5. The van der Waals surface area contributed by atoms with Crippen molar-refractivity contribution < 1.29 is 28.6 Å². The molecule has 0 radical (unpaired) electrons. The molecule has 1 unspecified atom stereocenters. The zero-order valence-electron chi connectivity index (χ0n) is 19.2. The molecule has 1 aliphatic carbocycles. The van der Waals surface area contributed by atoms with Gasteiger partial charge in [0, 0.05) is 11.6 Å². The van der Waals surface area contributed by atoms with Gasteiger partial charge >= 0.3 is 12.1 Å². The van der Waals surface area contributed by atoms with E-state index in [1.165, 1.54) is 6.07 Å². The summed E-state index contributed by atoms with van der Waals surface area (Å²) in [4.78, 5) is 36.4. The molecule has 2 amide bonds. The summed E-state index contributed by atoms with van der Waals surface area (Å²) in [5.41, 5.74) is 4.11. The van der Waals surface area contributed by atoms with Crippen molar-refractivity contribution in [2.75, 3.05) is 11.9 Å². The summed E-state index contributed by atoms with van der Waals surface area (Å²) in [5.74, 6) is -3.47. The molecule has 35 heavy (non-hydrogen) atoms. The fraction of sp³-hybridized carbons (Fsp3) is 0.222. The second kappa shape index (κ2) is 9.97. The third-order valence-corrected chi connectivity index (χ3v) is 6.02. The predicted molar refractivity (Wildman–Crippen MR) is 129 cm³/mol. The van der Waals surface area contributed by atoms with Crippen LogP contribution in [0.2, 0.25) is 0 Å². The maximum absolute atomic E-state index is 14.3. The number of aliphatic carboxylic acids is 1. The summed E-state index contributed by atoms with van der Waals surface area (Å²) in [6, 6.07) is 18.2. The van der Waals surface area contributed by atoms with Gasteiger partial charge in [0.1, 0.15) is 18.5 Å². The lowest BCUT2D eigenvalue weighted by Gasteiger charge is -2.18. The van der Waals surface area contributed by atoms with Crippen molar-refractivity contribution in [1.29, 1.82) is 0 Å². The van der Waals surface area contributed by atoms with Gasteiger partial charge in [-0.2, -0.15) is 0 Å². The molecule has 8 heteroatoms. The molecule has 1 atom stereocenters. The number of amides is 2. The highest BCUT2D eigenvalue weighted by atomic mass is 19.1. The van der Waals surface area contributed by atoms with Crippen molar-refractivity contribution in [3.8, 4) is 11.1 Å². The molecule has 1 aliphatic rings. The third-order valence-electron chi connectivity index (χ3n) is 6.02. The Bertz CT molecular complexity index is 1240. The molecule has 0 heterocycles.